The lowest BCUT2D eigenvalue weighted by atomic mass is 10.0. The standard InChI is InChI=1S/C21H30N8/c1-3-20-27-25-16-29(20)13-11-24-21(23-4-2)26-18-9-7-12-28(15-18)19-10-6-5-8-17(19)14-22/h5-6,8,10,16,18H,3-4,7,9,11-13,15H2,1-2H3,(H2,23,24,26). The van der Waals surface area contributed by atoms with E-state index in [2.05, 4.69) is 45.6 Å². The van der Waals surface area contributed by atoms with Gasteiger partial charge in [0.05, 0.1) is 17.8 Å². The topological polar surface area (TPSA) is 94.2 Å². The third-order valence-electron chi connectivity index (χ3n) is 5.09. The summed E-state index contributed by atoms with van der Waals surface area (Å²) in [6, 6.07) is 10.4. The van der Waals surface area contributed by atoms with Gasteiger partial charge < -0.3 is 20.1 Å². The smallest absolute Gasteiger partial charge is 0.191 e. The number of aryl methyl sites for hydroxylation is 1. The predicted octanol–water partition coefficient (Wildman–Crippen LogP) is 1.94. The molecule has 1 aromatic heterocycles. The number of nitriles is 1. The van der Waals surface area contributed by atoms with Crippen LogP contribution in [0, 0.1) is 11.3 Å². The highest BCUT2D eigenvalue weighted by molar-refractivity contribution is 5.80. The number of guanidine groups is 1. The summed E-state index contributed by atoms with van der Waals surface area (Å²) in [5.41, 5.74) is 1.75. The molecular formula is C21H30N8. The van der Waals surface area contributed by atoms with Crippen molar-refractivity contribution in [3.8, 4) is 6.07 Å². The number of hydrogen-bond acceptors (Lipinski definition) is 5. The number of nitrogens with one attached hydrogen (secondary N) is 2. The lowest BCUT2D eigenvalue weighted by Gasteiger charge is -2.35. The Kier molecular flexibility index (Phi) is 7.45. The number of piperidine rings is 1. The minimum Gasteiger partial charge on any atom is -0.368 e. The fraction of sp³-hybridized carbons (Fsp3) is 0.524. The molecule has 1 unspecified atom stereocenters. The van der Waals surface area contributed by atoms with E-state index in [1.165, 1.54) is 0 Å². The summed E-state index contributed by atoms with van der Waals surface area (Å²) in [5, 5.41) is 24.4. The molecule has 1 aromatic carbocycles. The van der Waals surface area contributed by atoms with Gasteiger partial charge in [0.2, 0.25) is 0 Å². The molecule has 0 saturated carbocycles. The summed E-state index contributed by atoms with van der Waals surface area (Å²) < 4.78 is 2.05. The fourth-order valence-electron chi connectivity index (χ4n) is 3.68. The van der Waals surface area contributed by atoms with E-state index in [0.29, 0.717) is 6.54 Å². The first-order chi connectivity index (χ1) is 14.2. The lowest BCUT2D eigenvalue weighted by Crippen LogP contribution is -2.51. The molecule has 154 valence electrons. The first kappa shape index (κ1) is 20.6. The maximum atomic E-state index is 9.41. The molecule has 0 spiro atoms. The summed E-state index contributed by atoms with van der Waals surface area (Å²) >= 11 is 0. The molecule has 2 N–H and O–H groups in total. The molecule has 3 rings (SSSR count). The Labute approximate surface area is 172 Å². The van der Waals surface area contributed by atoms with Crippen molar-refractivity contribution in [1.82, 2.24) is 25.4 Å². The van der Waals surface area contributed by atoms with E-state index < -0.39 is 0 Å². The monoisotopic (exact) mass is 394 g/mol. The van der Waals surface area contributed by atoms with Crippen molar-refractivity contribution in [3.63, 3.8) is 0 Å². The normalized spacial score (nSPS) is 17.1. The minimum absolute atomic E-state index is 0.286. The second-order valence-electron chi connectivity index (χ2n) is 7.11. The first-order valence-electron chi connectivity index (χ1n) is 10.4. The van der Waals surface area contributed by atoms with Gasteiger partial charge in [-0.05, 0) is 31.9 Å². The van der Waals surface area contributed by atoms with Crippen LogP contribution in [0.1, 0.15) is 38.1 Å². The highest BCUT2D eigenvalue weighted by atomic mass is 15.3. The number of aromatic nitrogens is 3. The molecule has 0 aliphatic carbocycles. The molecular weight excluding hydrogens is 364 g/mol. The van der Waals surface area contributed by atoms with Gasteiger partial charge in [0.15, 0.2) is 5.96 Å². The average Bonchev–Trinajstić information content (AvgIpc) is 3.21. The van der Waals surface area contributed by atoms with Gasteiger partial charge in [-0.15, -0.1) is 10.2 Å². The lowest BCUT2D eigenvalue weighted by molar-refractivity contribution is 0.467. The van der Waals surface area contributed by atoms with E-state index in [1.54, 1.807) is 6.33 Å². The molecule has 8 nitrogen and oxygen atoms in total. The van der Waals surface area contributed by atoms with Crippen LogP contribution >= 0.6 is 0 Å². The fourth-order valence-corrected chi connectivity index (χ4v) is 3.68. The highest BCUT2D eigenvalue weighted by Crippen LogP contribution is 2.23. The van der Waals surface area contributed by atoms with E-state index in [9.17, 15) is 5.26 Å². The van der Waals surface area contributed by atoms with Gasteiger partial charge in [-0.3, -0.25) is 4.99 Å². The van der Waals surface area contributed by atoms with Gasteiger partial charge in [0.25, 0.3) is 0 Å². The number of aliphatic imine (C=N–C) groups is 1. The van der Waals surface area contributed by atoms with E-state index in [4.69, 9.17) is 4.99 Å². The maximum Gasteiger partial charge on any atom is 0.191 e. The van der Waals surface area contributed by atoms with Gasteiger partial charge in [-0.2, -0.15) is 5.26 Å². The van der Waals surface area contributed by atoms with Crippen molar-refractivity contribution in [2.75, 3.05) is 31.1 Å². The van der Waals surface area contributed by atoms with Crippen molar-refractivity contribution < 1.29 is 0 Å². The van der Waals surface area contributed by atoms with Gasteiger partial charge in [-0.1, -0.05) is 19.1 Å². The average molecular weight is 395 g/mol. The van der Waals surface area contributed by atoms with E-state index in [-0.39, 0.29) is 6.04 Å². The minimum atomic E-state index is 0.286. The number of rotatable bonds is 7. The predicted molar refractivity (Wildman–Crippen MR) is 115 cm³/mol. The summed E-state index contributed by atoms with van der Waals surface area (Å²) in [6.45, 7) is 8.21. The zero-order valence-electron chi connectivity index (χ0n) is 17.3. The molecule has 8 heteroatoms. The summed E-state index contributed by atoms with van der Waals surface area (Å²) in [6.07, 6.45) is 4.79. The molecule has 1 saturated heterocycles. The van der Waals surface area contributed by atoms with Crippen LogP contribution in [0.15, 0.2) is 35.6 Å². The van der Waals surface area contributed by atoms with Crippen LogP contribution in [0.5, 0.6) is 0 Å². The van der Waals surface area contributed by atoms with Gasteiger partial charge >= 0.3 is 0 Å². The van der Waals surface area contributed by atoms with Crippen LogP contribution in [0.4, 0.5) is 5.69 Å². The molecule has 1 aliphatic rings. The molecule has 0 bridgehead atoms. The molecule has 0 radical (unpaired) electrons. The molecule has 29 heavy (non-hydrogen) atoms. The maximum absolute atomic E-state index is 9.41. The molecule has 2 heterocycles. The summed E-state index contributed by atoms with van der Waals surface area (Å²) in [4.78, 5) is 7.04. The molecule has 1 atom stereocenters. The zero-order valence-corrected chi connectivity index (χ0v) is 17.3. The van der Waals surface area contributed by atoms with Crippen molar-refractivity contribution in [1.29, 1.82) is 5.26 Å². The van der Waals surface area contributed by atoms with Crippen molar-refractivity contribution in [2.45, 2.75) is 45.7 Å². The summed E-state index contributed by atoms with van der Waals surface area (Å²) in [7, 11) is 0. The SMILES string of the molecule is CCNC(=NCCn1cnnc1CC)NC1CCCN(c2ccccc2C#N)C1. The number of anilines is 1. The molecule has 1 fully saturated rings. The van der Waals surface area contributed by atoms with Crippen molar-refractivity contribution in [2.24, 2.45) is 4.99 Å². The molecule has 2 aromatic rings. The Bertz CT molecular complexity index is 850. The van der Waals surface area contributed by atoms with Crippen LogP contribution in [-0.2, 0) is 13.0 Å². The number of para-hydroxylation sites is 1. The van der Waals surface area contributed by atoms with E-state index in [1.807, 2.05) is 28.8 Å². The Balaban J connectivity index is 1.61. The Morgan fingerprint density at radius 3 is 3.00 bits per heavy atom. The second kappa shape index (κ2) is 10.5. The Morgan fingerprint density at radius 2 is 2.21 bits per heavy atom. The number of nitrogens with zero attached hydrogens (tertiary/aromatic N) is 6. The first-order valence-corrected chi connectivity index (χ1v) is 10.4. The third kappa shape index (κ3) is 5.47. The van der Waals surface area contributed by atoms with Crippen LogP contribution in [0.25, 0.3) is 0 Å². The highest BCUT2D eigenvalue weighted by Gasteiger charge is 2.22. The van der Waals surface area contributed by atoms with Crippen molar-refractivity contribution in [3.05, 3.63) is 42.0 Å². The zero-order chi connectivity index (χ0) is 20.5. The van der Waals surface area contributed by atoms with Crippen LogP contribution < -0.4 is 15.5 Å². The van der Waals surface area contributed by atoms with Gasteiger partial charge in [-0.25, -0.2) is 0 Å². The Morgan fingerprint density at radius 1 is 1.34 bits per heavy atom. The van der Waals surface area contributed by atoms with Crippen LogP contribution in [0.2, 0.25) is 0 Å². The van der Waals surface area contributed by atoms with Gasteiger partial charge in [0.1, 0.15) is 18.2 Å². The largest absolute Gasteiger partial charge is 0.368 e. The molecule has 1 aliphatic heterocycles. The van der Waals surface area contributed by atoms with E-state index >= 15 is 0 Å². The van der Waals surface area contributed by atoms with E-state index in [0.717, 1.165) is 68.5 Å². The van der Waals surface area contributed by atoms with Crippen molar-refractivity contribution >= 4 is 11.6 Å². The molecule has 0 amide bonds. The quantitative estimate of drug-likeness (QED) is 0.551. The Hall–Kier alpha value is -3.08. The second-order valence-corrected chi connectivity index (χ2v) is 7.11. The van der Waals surface area contributed by atoms with Gasteiger partial charge in [0, 0.05) is 38.6 Å². The third-order valence-corrected chi connectivity index (χ3v) is 5.09. The van der Waals surface area contributed by atoms with Crippen LogP contribution in [-0.4, -0.2) is 52.9 Å². The van der Waals surface area contributed by atoms with Crippen LogP contribution in [0.3, 0.4) is 0 Å². The number of hydrogen-bond donors (Lipinski definition) is 2. The summed E-state index contributed by atoms with van der Waals surface area (Å²) in [5.74, 6) is 1.82. The number of benzene rings is 1.